The van der Waals surface area contributed by atoms with Crippen LogP contribution in [-0.2, 0) is 19.7 Å². The van der Waals surface area contributed by atoms with E-state index in [1.165, 1.54) is 23.9 Å². The van der Waals surface area contributed by atoms with Crippen molar-refractivity contribution in [3.8, 4) is 0 Å². The van der Waals surface area contributed by atoms with E-state index < -0.39 is 28.7 Å². The topological polar surface area (TPSA) is 80.7 Å². The Morgan fingerprint density at radius 1 is 1.11 bits per heavy atom. The van der Waals surface area contributed by atoms with Crippen LogP contribution in [0.2, 0.25) is 0 Å². The molecule has 0 bridgehead atoms. The zero-order valence-corrected chi connectivity index (χ0v) is 17.8. The molecule has 0 radical (unpaired) electrons. The van der Waals surface area contributed by atoms with Crippen molar-refractivity contribution in [2.75, 3.05) is 19.0 Å². The van der Waals surface area contributed by atoms with Gasteiger partial charge < -0.3 is 5.11 Å². The van der Waals surface area contributed by atoms with Gasteiger partial charge in [0.25, 0.3) is 10.1 Å². The predicted molar refractivity (Wildman–Crippen MR) is 109 cm³/mol. The minimum absolute atomic E-state index is 0.0323. The summed E-state index contributed by atoms with van der Waals surface area (Å²) in [5, 5.41) is 9.92. The molecule has 1 unspecified atom stereocenters. The number of hydrogen-bond donors (Lipinski definition) is 1. The molecule has 0 saturated heterocycles. The fraction of sp³-hybridized carbons (Fsp3) is 0.381. The second-order valence-electron chi connectivity index (χ2n) is 8.04. The van der Waals surface area contributed by atoms with Crippen LogP contribution in [0.1, 0.15) is 36.7 Å². The average molecular weight is 421 g/mol. The van der Waals surface area contributed by atoms with Gasteiger partial charge in [-0.15, -0.1) is 11.8 Å². The smallest absolute Gasteiger partial charge is 0.297 e. The zero-order valence-electron chi connectivity index (χ0n) is 16.1. The molecule has 0 amide bonds. The van der Waals surface area contributed by atoms with E-state index in [9.17, 15) is 18.3 Å². The summed E-state index contributed by atoms with van der Waals surface area (Å²) in [5.41, 5.74) is 0.123. The first-order valence-electron chi connectivity index (χ1n) is 8.97. The number of ketones is 1. The fourth-order valence-corrected chi connectivity index (χ4v) is 5.21. The zero-order chi connectivity index (χ0) is 20.6. The van der Waals surface area contributed by atoms with E-state index in [0.29, 0.717) is 5.56 Å². The average Bonchev–Trinajstić information content (AvgIpc) is 2.67. The molecule has 1 atom stereocenters. The normalized spacial score (nSPS) is 20.1. The lowest BCUT2D eigenvalue weighted by atomic mass is 9.83. The van der Waals surface area contributed by atoms with Gasteiger partial charge in [-0.05, 0) is 29.2 Å². The lowest BCUT2D eigenvalue weighted by Gasteiger charge is -2.33. The molecule has 0 aliphatic carbocycles. The van der Waals surface area contributed by atoms with Gasteiger partial charge in [0.05, 0.1) is 23.5 Å². The largest absolute Gasteiger partial charge is 0.395 e. The van der Waals surface area contributed by atoms with Crippen molar-refractivity contribution in [3.63, 3.8) is 0 Å². The number of Topliss-reactive ketones (excluding diaryl/α,β-unsaturated/α-hetero) is 1. The molecule has 1 aliphatic rings. The van der Waals surface area contributed by atoms with Gasteiger partial charge in [0.2, 0.25) is 0 Å². The maximum absolute atomic E-state index is 12.9. The Morgan fingerprint density at radius 3 is 2.36 bits per heavy atom. The van der Waals surface area contributed by atoms with Gasteiger partial charge in [-0.3, -0.25) is 8.98 Å². The summed E-state index contributed by atoms with van der Waals surface area (Å²) < 4.78 is 30.5. The Morgan fingerprint density at radius 2 is 1.75 bits per heavy atom. The van der Waals surface area contributed by atoms with Gasteiger partial charge in [0.1, 0.15) is 0 Å². The van der Waals surface area contributed by atoms with Gasteiger partial charge in [-0.2, -0.15) is 8.42 Å². The molecule has 150 valence electrons. The third-order valence-corrected chi connectivity index (χ3v) is 7.56. The first kappa shape index (κ1) is 21.0. The van der Waals surface area contributed by atoms with Gasteiger partial charge in [0.15, 0.2) is 5.78 Å². The van der Waals surface area contributed by atoms with E-state index in [1.807, 2.05) is 32.9 Å². The minimum Gasteiger partial charge on any atom is -0.395 e. The molecule has 2 aromatic rings. The maximum Gasteiger partial charge on any atom is 0.297 e. The van der Waals surface area contributed by atoms with Gasteiger partial charge in [-0.1, -0.05) is 51.1 Å². The van der Waals surface area contributed by atoms with Crippen LogP contribution in [0.25, 0.3) is 0 Å². The Hall–Kier alpha value is -1.67. The maximum atomic E-state index is 12.9. The summed E-state index contributed by atoms with van der Waals surface area (Å²) in [7, 11) is -4.04. The van der Waals surface area contributed by atoms with Gasteiger partial charge in [0, 0.05) is 16.2 Å². The molecular weight excluding hydrogens is 396 g/mol. The third kappa shape index (κ3) is 4.03. The summed E-state index contributed by atoms with van der Waals surface area (Å²) >= 11 is 1.42. The first-order valence-corrected chi connectivity index (χ1v) is 11.4. The fourth-order valence-electron chi connectivity index (χ4n) is 3.00. The van der Waals surface area contributed by atoms with E-state index >= 15 is 0 Å². The highest BCUT2D eigenvalue weighted by atomic mass is 32.2. The van der Waals surface area contributed by atoms with Crippen LogP contribution in [-0.4, -0.2) is 38.3 Å². The summed E-state index contributed by atoms with van der Waals surface area (Å²) in [5.74, 6) is -0.0275. The molecule has 7 heteroatoms. The van der Waals surface area contributed by atoms with Crippen LogP contribution in [0.4, 0.5) is 0 Å². The Balaban J connectivity index is 1.81. The summed E-state index contributed by atoms with van der Waals surface area (Å²) in [4.78, 5) is 13.8. The predicted octanol–water partition coefficient (Wildman–Crippen LogP) is 3.66. The second-order valence-corrected chi connectivity index (χ2v) is 10.7. The molecule has 1 aliphatic heterocycles. The van der Waals surface area contributed by atoms with Crippen molar-refractivity contribution < 1.29 is 22.5 Å². The Bertz CT molecular complexity index is 975. The molecule has 0 aromatic heterocycles. The van der Waals surface area contributed by atoms with Crippen molar-refractivity contribution in [1.82, 2.24) is 0 Å². The molecule has 2 aromatic carbocycles. The van der Waals surface area contributed by atoms with E-state index in [4.69, 9.17) is 4.18 Å². The summed E-state index contributed by atoms with van der Waals surface area (Å²) in [6, 6.07) is 13.7. The van der Waals surface area contributed by atoms with Crippen molar-refractivity contribution in [1.29, 1.82) is 0 Å². The number of aliphatic hydroxyl groups excluding tert-OH is 1. The van der Waals surface area contributed by atoms with Crippen molar-refractivity contribution in [3.05, 3.63) is 59.7 Å². The highest BCUT2D eigenvalue weighted by molar-refractivity contribution is 7.99. The third-order valence-electron chi connectivity index (χ3n) is 4.92. The number of carbonyl (C=O) groups excluding carboxylic acids is 1. The molecule has 0 spiro atoms. The Labute approximate surface area is 170 Å². The quantitative estimate of drug-likeness (QED) is 0.744. The summed E-state index contributed by atoms with van der Waals surface area (Å²) in [6.07, 6.45) is 0. The summed E-state index contributed by atoms with van der Waals surface area (Å²) in [6.45, 7) is 5.26. The van der Waals surface area contributed by atoms with Crippen LogP contribution < -0.4 is 0 Å². The van der Waals surface area contributed by atoms with E-state index in [1.54, 1.807) is 24.3 Å². The van der Waals surface area contributed by atoms with Gasteiger partial charge >= 0.3 is 0 Å². The van der Waals surface area contributed by atoms with E-state index in [0.717, 1.165) is 10.5 Å². The van der Waals surface area contributed by atoms with Crippen molar-refractivity contribution >= 4 is 27.7 Å². The number of carbonyl (C=O) groups is 1. The molecule has 3 rings (SSSR count). The number of fused-ring (bicyclic) bond motifs is 1. The van der Waals surface area contributed by atoms with Crippen LogP contribution >= 0.6 is 11.8 Å². The molecule has 1 heterocycles. The number of rotatable bonds is 5. The first-order chi connectivity index (χ1) is 13.1. The highest BCUT2D eigenvalue weighted by Crippen LogP contribution is 2.40. The lowest BCUT2D eigenvalue weighted by Crippen LogP contribution is -2.44. The molecule has 5 nitrogen and oxygen atoms in total. The van der Waals surface area contributed by atoms with Crippen LogP contribution in [0, 0.1) is 5.41 Å². The number of thioether (sulfide) groups is 1. The van der Waals surface area contributed by atoms with E-state index in [-0.39, 0.29) is 21.8 Å². The van der Waals surface area contributed by atoms with Crippen molar-refractivity contribution in [2.45, 2.75) is 36.0 Å². The molecule has 28 heavy (non-hydrogen) atoms. The lowest BCUT2D eigenvalue weighted by molar-refractivity contribution is 0.0544. The molecular formula is C21H24O5S2. The Kier molecular flexibility index (Phi) is 5.74. The molecule has 1 N–H and O–H groups in total. The minimum atomic E-state index is -4.04. The molecule has 0 saturated carbocycles. The highest BCUT2D eigenvalue weighted by Gasteiger charge is 2.44. The van der Waals surface area contributed by atoms with Crippen molar-refractivity contribution in [2.24, 2.45) is 5.41 Å². The second kappa shape index (κ2) is 7.63. The number of hydrogen-bond acceptors (Lipinski definition) is 6. The van der Waals surface area contributed by atoms with E-state index in [2.05, 4.69) is 0 Å². The number of aliphatic hydroxyl groups is 1. The van der Waals surface area contributed by atoms with Crippen LogP contribution in [0.15, 0.2) is 58.3 Å². The number of benzene rings is 2. The van der Waals surface area contributed by atoms with Crippen LogP contribution in [0.3, 0.4) is 0 Å². The standard InChI is InChI=1S/C21H24O5S2/c1-20(2,3)15-8-10-16(11-9-15)28(24,25)26-13-21(12-22)14-27-18-7-5-4-6-17(18)19(21)23/h4-11,22H,12-14H2,1-3H3. The SMILES string of the molecule is CC(C)(C)c1ccc(S(=O)(=O)OCC2(CO)CSc3ccccc3C2=O)cc1. The van der Waals surface area contributed by atoms with Crippen LogP contribution in [0.5, 0.6) is 0 Å². The van der Waals surface area contributed by atoms with Gasteiger partial charge in [-0.25, -0.2) is 0 Å². The monoisotopic (exact) mass is 420 g/mol. The molecule has 0 fully saturated rings.